The van der Waals surface area contributed by atoms with Crippen molar-refractivity contribution >= 4 is 11.4 Å². The van der Waals surface area contributed by atoms with Gasteiger partial charge in [0.25, 0.3) is 0 Å². The first-order valence-corrected chi connectivity index (χ1v) is 10.7. The Morgan fingerprint density at radius 2 is 1.86 bits per heavy atom. The molecular formula is C26H30N2O. The first-order valence-electron chi connectivity index (χ1n) is 10.7. The fourth-order valence-corrected chi connectivity index (χ4v) is 3.41. The Morgan fingerprint density at radius 3 is 2.55 bits per heavy atom. The maximum Gasteiger partial charge on any atom is 0.168 e. The Kier molecular flexibility index (Phi) is 7.69. The van der Waals surface area contributed by atoms with Crippen LogP contribution in [0, 0.1) is 5.92 Å². The minimum absolute atomic E-state index is 0.186. The van der Waals surface area contributed by atoms with Crippen molar-refractivity contribution in [2.75, 3.05) is 0 Å². The van der Waals surface area contributed by atoms with Crippen molar-refractivity contribution in [2.45, 2.75) is 52.4 Å². The Bertz CT molecular complexity index is 905. The third kappa shape index (κ3) is 5.83. The molecule has 2 heterocycles. The number of aromatic nitrogens is 2. The van der Waals surface area contributed by atoms with Crippen LogP contribution in [0.2, 0.25) is 0 Å². The Balaban J connectivity index is 1.90. The maximum atomic E-state index is 12.9. The molecule has 0 bridgehead atoms. The second-order valence-corrected chi connectivity index (χ2v) is 7.53. The number of rotatable bonds is 10. The van der Waals surface area contributed by atoms with Gasteiger partial charge in [0.2, 0.25) is 0 Å². The van der Waals surface area contributed by atoms with Gasteiger partial charge in [-0.25, -0.2) is 0 Å². The van der Waals surface area contributed by atoms with E-state index in [-0.39, 0.29) is 11.7 Å². The lowest BCUT2D eigenvalue weighted by Gasteiger charge is -2.14. The highest BCUT2D eigenvalue weighted by molar-refractivity contribution is 6.04. The molecule has 0 amide bonds. The van der Waals surface area contributed by atoms with Gasteiger partial charge in [0, 0.05) is 36.3 Å². The van der Waals surface area contributed by atoms with E-state index in [1.165, 1.54) is 5.56 Å². The van der Waals surface area contributed by atoms with Crippen molar-refractivity contribution in [3.05, 3.63) is 89.6 Å². The van der Waals surface area contributed by atoms with Gasteiger partial charge in [0.05, 0.1) is 0 Å². The fourth-order valence-electron chi connectivity index (χ4n) is 3.41. The molecule has 1 fully saturated rings. The normalized spacial score (nSPS) is 15.1. The van der Waals surface area contributed by atoms with E-state index < -0.39 is 0 Å². The molecule has 3 heteroatoms. The summed E-state index contributed by atoms with van der Waals surface area (Å²) in [5.74, 6) is 0.428. The van der Waals surface area contributed by atoms with Gasteiger partial charge in [-0.1, -0.05) is 44.1 Å². The molecule has 0 N–H and O–H groups in total. The number of hydrogen-bond donors (Lipinski definition) is 0. The number of unbranched alkanes of at least 4 members (excludes halogenated alkanes) is 2. The summed E-state index contributed by atoms with van der Waals surface area (Å²) in [4.78, 5) is 21.2. The molecule has 2 aromatic rings. The van der Waals surface area contributed by atoms with Crippen LogP contribution in [0.25, 0.3) is 5.57 Å². The van der Waals surface area contributed by atoms with E-state index in [2.05, 4.69) is 48.1 Å². The Hall–Kier alpha value is -2.81. The second kappa shape index (κ2) is 10.7. The molecule has 3 nitrogen and oxygen atoms in total. The molecule has 0 radical (unpaired) electrons. The number of carbonyl (C=O) groups is 1. The molecule has 29 heavy (non-hydrogen) atoms. The average molecular weight is 387 g/mol. The smallest absolute Gasteiger partial charge is 0.168 e. The van der Waals surface area contributed by atoms with Gasteiger partial charge in [0.1, 0.15) is 0 Å². The Morgan fingerprint density at radius 1 is 1.10 bits per heavy atom. The second-order valence-electron chi connectivity index (χ2n) is 7.53. The SMILES string of the molecule is C/C=C(\C=C/Cc1ccncc1)C(=C/CCCC)/c1ccncc1C(=O)C1CC1. The summed E-state index contributed by atoms with van der Waals surface area (Å²) in [5.41, 5.74) is 5.29. The van der Waals surface area contributed by atoms with Crippen LogP contribution in [0.3, 0.4) is 0 Å². The van der Waals surface area contributed by atoms with Gasteiger partial charge in [-0.3, -0.25) is 14.8 Å². The van der Waals surface area contributed by atoms with Crippen LogP contribution in [0.1, 0.15) is 67.4 Å². The van der Waals surface area contributed by atoms with Crippen molar-refractivity contribution in [1.82, 2.24) is 9.97 Å². The summed E-state index contributed by atoms with van der Waals surface area (Å²) in [6.45, 7) is 4.26. The molecular weight excluding hydrogens is 356 g/mol. The van der Waals surface area contributed by atoms with E-state index in [4.69, 9.17) is 0 Å². The summed E-state index contributed by atoms with van der Waals surface area (Å²) in [6.07, 6.45) is 22.1. The van der Waals surface area contributed by atoms with E-state index >= 15 is 0 Å². The predicted molar refractivity (Wildman–Crippen MR) is 120 cm³/mol. The van der Waals surface area contributed by atoms with E-state index in [9.17, 15) is 4.79 Å². The standard InChI is InChI=1S/C26H30N2O/c1-3-5-6-10-23(21(4-2)9-7-8-20-13-16-27-17-14-20)24-15-18-28-19-25(24)26(29)22-11-12-22/h4,7,9-10,13-19,22H,3,5-6,8,11-12H2,1-2H3/b9-7-,21-4+,23-10-. The average Bonchev–Trinajstić information content (AvgIpc) is 3.61. The third-order valence-corrected chi connectivity index (χ3v) is 5.25. The molecule has 1 aliphatic rings. The molecule has 0 spiro atoms. The number of carbonyl (C=O) groups excluding carboxylic acids is 1. The number of Topliss-reactive ketones (excluding diaryl/α,β-unsaturated/α-hetero) is 1. The van der Waals surface area contributed by atoms with Crippen LogP contribution in [0.4, 0.5) is 0 Å². The number of nitrogens with zero attached hydrogens (tertiary/aromatic N) is 2. The van der Waals surface area contributed by atoms with Gasteiger partial charge < -0.3 is 0 Å². The van der Waals surface area contributed by atoms with E-state index in [1.54, 1.807) is 12.4 Å². The van der Waals surface area contributed by atoms with Crippen LogP contribution in [-0.2, 0) is 6.42 Å². The van der Waals surface area contributed by atoms with Gasteiger partial charge in [0.15, 0.2) is 5.78 Å². The highest BCUT2D eigenvalue weighted by atomic mass is 16.1. The minimum atomic E-state index is 0.186. The first-order chi connectivity index (χ1) is 14.2. The molecule has 3 rings (SSSR count). The highest BCUT2D eigenvalue weighted by Crippen LogP contribution is 2.36. The summed E-state index contributed by atoms with van der Waals surface area (Å²) >= 11 is 0. The van der Waals surface area contributed by atoms with Crippen LogP contribution in [0.15, 0.2) is 72.9 Å². The van der Waals surface area contributed by atoms with Crippen molar-refractivity contribution in [3.8, 4) is 0 Å². The van der Waals surface area contributed by atoms with Crippen molar-refractivity contribution in [2.24, 2.45) is 5.92 Å². The number of ketones is 1. The van der Waals surface area contributed by atoms with Gasteiger partial charge in [-0.2, -0.15) is 0 Å². The molecule has 0 aliphatic heterocycles. The van der Waals surface area contributed by atoms with Crippen LogP contribution < -0.4 is 0 Å². The minimum Gasteiger partial charge on any atom is -0.294 e. The zero-order chi connectivity index (χ0) is 20.5. The third-order valence-electron chi connectivity index (χ3n) is 5.25. The van der Waals surface area contributed by atoms with Gasteiger partial charge in [-0.15, -0.1) is 0 Å². The topological polar surface area (TPSA) is 42.9 Å². The van der Waals surface area contributed by atoms with Crippen molar-refractivity contribution in [1.29, 1.82) is 0 Å². The van der Waals surface area contributed by atoms with E-state index in [0.29, 0.717) is 0 Å². The molecule has 1 saturated carbocycles. The quantitative estimate of drug-likeness (QED) is 0.270. The summed E-state index contributed by atoms with van der Waals surface area (Å²) in [5, 5.41) is 0. The molecule has 1 aliphatic carbocycles. The first kappa shape index (κ1) is 20.9. The monoisotopic (exact) mass is 386 g/mol. The zero-order valence-corrected chi connectivity index (χ0v) is 17.5. The summed E-state index contributed by atoms with van der Waals surface area (Å²) < 4.78 is 0. The van der Waals surface area contributed by atoms with Crippen LogP contribution in [0.5, 0.6) is 0 Å². The van der Waals surface area contributed by atoms with Gasteiger partial charge >= 0.3 is 0 Å². The van der Waals surface area contributed by atoms with Gasteiger partial charge in [-0.05, 0) is 73.1 Å². The number of pyridine rings is 2. The van der Waals surface area contributed by atoms with E-state index in [1.807, 2.05) is 30.6 Å². The summed E-state index contributed by atoms with van der Waals surface area (Å²) in [6, 6.07) is 6.06. The fraction of sp³-hybridized carbons (Fsp3) is 0.346. The molecule has 150 valence electrons. The number of hydrogen-bond acceptors (Lipinski definition) is 3. The lowest BCUT2D eigenvalue weighted by Crippen LogP contribution is -2.07. The Labute approximate surface area is 174 Å². The van der Waals surface area contributed by atoms with Crippen molar-refractivity contribution < 1.29 is 4.79 Å². The molecule has 0 saturated heterocycles. The van der Waals surface area contributed by atoms with E-state index in [0.717, 1.165) is 60.8 Å². The number of allylic oxidation sites excluding steroid dienone is 6. The lowest BCUT2D eigenvalue weighted by atomic mass is 9.90. The molecule has 2 aromatic heterocycles. The molecule has 0 unspecified atom stereocenters. The maximum absolute atomic E-state index is 12.9. The van der Waals surface area contributed by atoms with Crippen LogP contribution >= 0.6 is 0 Å². The zero-order valence-electron chi connectivity index (χ0n) is 17.5. The summed E-state index contributed by atoms with van der Waals surface area (Å²) in [7, 11) is 0. The predicted octanol–water partition coefficient (Wildman–Crippen LogP) is 6.39. The molecule has 0 atom stereocenters. The highest BCUT2D eigenvalue weighted by Gasteiger charge is 2.32. The lowest BCUT2D eigenvalue weighted by molar-refractivity contribution is 0.0967. The van der Waals surface area contributed by atoms with Crippen LogP contribution in [-0.4, -0.2) is 15.8 Å². The molecule has 0 aromatic carbocycles. The van der Waals surface area contributed by atoms with Crippen molar-refractivity contribution in [3.63, 3.8) is 0 Å². The largest absolute Gasteiger partial charge is 0.294 e.